The smallest absolute Gasteiger partial charge is 0.303 e. The number of hydrogen-bond donors (Lipinski definition) is 3. The Labute approximate surface area is 246 Å². The van der Waals surface area contributed by atoms with Crippen LogP contribution >= 0.6 is 0 Å². The quantitative estimate of drug-likeness (QED) is 0.127. The molecule has 0 aliphatic carbocycles. The molecule has 2 aromatic carbocycles. The third-order valence-corrected chi connectivity index (χ3v) is 7.18. The van der Waals surface area contributed by atoms with Crippen LogP contribution in [0.2, 0.25) is 0 Å². The van der Waals surface area contributed by atoms with Crippen LogP contribution in [0.3, 0.4) is 0 Å². The molecule has 4 nitrogen and oxygen atoms in total. The van der Waals surface area contributed by atoms with Gasteiger partial charge in [0.2, 0.25) is 0 Å². The van der Waals surface area contributed by atoms with Crippen molar-refractivity contribution >= 4 is 23.0 Å². The third kappa shape index (κ3) is 21.3. The Bertz CT molecular complexity index is 836. The summed E-state index contributed by atoms with van der Waals surface area (Å²) in [5, 5.41) is 15.4. The molecule has 40 heavy (non-hydrogen) atoms. The SMILES string of the molecule is CC(C)CC(C)Nc1ccc(Nc2ccccc2)cc1.CCCCCCCCCCCCCCCCCC(=O)O. The molecule has 1 unspecified atom stereocenters. The van der Waals surface area contributed by atoms with Crippen molar-refractivity contribution in [3.05, 3.63) is 54.6 Å². The molecule has 226 valence electrons. The van der Waals surface area contributed by atoms with Crippen LogP contribution in [-0.2, 0) is 4.79 Å². The largest absolute Gasteiger partial charge is 0.481 e. The van der Waals surface area contributed by atoms with Gasteiger partial charge in [0.15, 0.2) is 0 Å². The average molecular weight is 553 g/mol. The maximum atomic E-state index is 10.3. The molecule has 4 heteroatoms. The van der Waals surface area contributed by atoms with Crippen LogP contribution in [0.4, 0.5) is 17.1 Å². The van der Waals surface area contributed by atoms with Crippen LogP contribution in [0.5, 0.6) is 0 Å². The van der Waals surface area contributed by atoms with E-state index >= 15 is 0 Å². The zero-order valence-electron chi connectivity index (χ0n) is 26.2. The molecule has 2 aromatic rings. The molecule has 0 radical (unpaired) electrons. The van der Waals surface area contributed by atoms with Crippen molar-refractivity contribution in [2.24, 2.45) is 5.92 Å². The molecule has 2 rings (SSSR count). The van der Waals surface area contributed by atoms with E-state index in [1.807, 2.05) is 18.2 Å². The summed E-state index contributed by atoms with van der Waals surface area (Å²) in [5.41, 5.74) is 3.40. The first-order chi connectivity index (χ1) is 19.4. The zero-order chi connectivity index (χ0) is 29.3. The number of carbonyl (C=O) groups is 1. The number of benzene rings is 2. The van der Waals surface area contributed by atoms with Crippen LogP contribution < -0.4 is 10.6 Å². The van der Waals surface area contributed by atoms with Crippen molar-refractivity contribution in [3.8, 4) is 0 Å². The van der Waals surface area contributed by atoms with Gasteiger partial charge in [-0.15, -0.1) is 0 Å². The van der Waals surface area contributed by atoms with E-state index in [1.54, 1.807) is 0 Å². The number of anilines is 3. The summed E-state index contributed by atoms with van der Waals surface area (Å²) in [6, 6.07) is 19.2. The fourth-order valence-corrected chi connectivity index (χ4v) is 5.04. The normalized spacial score (nSPS) is 11.5. The zero-order valence-corrected chi connectivity index (χ0v) is 26.2. The molecule has 0 aliphatic heterocycles. The van der Waals surface area contributed by atoms with Crippen molar-refractivity contribution in [3.63, 3.8) is 0 Å². The molecule has 0 aliphatic rings. The second-order valence-corrected chi connectivity index (χ2v) is 11.8. The molecular weight excluding hydrogens is 492 g/mol. The predicted octanol–water partition coefficient (Wildman–Crippen LogP) is 11.6. The van der Waals surface area contributed by atoms with Gasteiger partial charge < -0.3 is 15.7 Å². The van der Waals surface area contributed by atoms with Crippen molar-refractivity contribution in [2.75, 3.05) is 10.6 Å². The fourth-order valence-electron chi connectivity index (χ4n) is 5.04. The lowest BCUT2D eigenvalue weighted by Crippen LogP contribution is -2.17. The van der Waals surface area contributed by atoms with Crippen molar-refractivity contribution in [1.29, 1.82) is 0 Å². The molecule has 0 bridgehead atoms. The first-order valence-corrected chi connectivity index (χ1v) is 16.3. The average Bonchev–Trinajstić information content (AvgIpc) is 2.92. The first-order valence-electron chi connectivity index (χ1n) is 16.3. The van der Waals surface area contributed by atoms with Crippen LogP contribution in [0.15, 0.2) is 54.6 Å². The van der Waals surface area contributed by atoms with Gasteiger partial charge in [0.05, 0.1) is 0 Å². The molecule has 0 saturated carbocycles. The second kappa shape index (κ2) is 24.3. The van der Waals surface area contributed by atoms with Gasteiger partial charge in [-0.05, 0) is 62.1 Å². The number of para-hydroxylation sites is 1. The monoisotopic (exact) mass is 552 g/mol. The summed E-state index contributed by atoms with van der Waals surface area (Å²) in [6.45, 7) is 9.01. The van der Waals surface area contributed by atoms with E-state index in [9.17, 15) is 4.79 Å². The molecular formula is C36H60N2O2. The van der Waals surface area contributed by atoms with Crippen molar-refractivity contribution in [1.82, 2.24) is 0 Å². The van der Waals surface area contributed by atoms with Crippen LogP contribution in [0.1, 0.15) is 137 Å². The maximum Gasteiger partial charge on any atom is 0.303 e. The number of hydrogen-bond acceptors (Lipinski definition) is 3. The lowest BCUT2D eigenvalue weighted by molar-refractivity contribution is -0.137. The van der Waals surface area contributed by atoms with E-state index in [0.29, 0.717) is 12.5 Å². The van der Waals surface area contributed by atoms with Gasteiger partial charge in [0.1, 0.15) is 0 Å². The highest BCUT2D eigenvalue weighted by molar-refractivity contribution is 5.66. The summed E-state index contributed by atoms with van der Waals surface area (Å²) < 4.78 is 0. The summed E-state index contributed by atoms with van der Waals surface area (Å²) in [7, 11) is 0. The fraction of sp³-hybridized carbons (Fsp3) is 0.639. The molecule has 0 aromatic heterocycles. The molecule has 0 saturated heterocycles. The standard InChI is InChI=1S/C18H24N2.C18H36O2/c1-14(2)13-15(3)19-17-9-11-18(12-10-17)20-16-7-5-4-6-8-16;1-2-3-4-5-6-7-8-9-10-11-12-13-14-15-16-17-18(19)20/h4-12,14-15,19-20H,13H2,1-3H3;2-17H2,1H3,(H,19,20). The van der Waals surface area contributed by atoms with Crippen molar-refractivity contribution < 1.29 is 9.90 Å². The lowest BCUT2D eigenvalue weighted by Gasteiger charge is -2.17. The van der Waals surface area contributed by atoms with Gasteiger partial charge in [0, 0.05) is 29.5 Å². The van der Waals surface area contributed by atoms with E-state index in [2.05, 4.69) is 74.7 Å². The van der Waals surface area contributed by atoms with E-state index in [4.69, 9.17) is 5.11 Å². The number of nitrogens with one attached hydrogen (secondary N) is 2. The summed E-state index contributed by atoms with van der Waals surface area (Å²) in [4.78, 5) is 10.3. The summed E-state index contributed by atoms with van der Waals surface area (Å²) >= 11 is 0. The molecule has 0 heterocycles. The number of carboxylic acids is 1. The number of rotatable bonds is 22. The summed E-state index contributed by atoms with van der Waals surface area (Å²) in [5.74, 6) is 0.0659. The highest BCUT2D eigenvalue weighted by Gasteiger charge is 2.05. The molecule has 0 spiro atoms. The molecule has 0 amide bonds. The molecule has 3 N–H and O–H groups in total. The number of carboxylic acid groups (broad SMARTS) is 1. The van der Waals surface area contributed by atoms with Gasteiger partial charge in [-0.1, -0.05) is 129 Å². The lowest BCUT2D eigenvalue weighted by atomic mass is 10.0. The van der Waals surface area contributed by atoms with Crippen molar-refractivity contribution in [2.45, 2.75) is 143 Å². The van der Waals surface area contributed by atoms with Crippen LogP contribution in [-0.4, -0.2) is 17.1 Å². The minimum absolute atomic E-state index is 0.345. The van der Waals surface area contributed by atoms with E-state index in [0.717, 1.165) is 30.1 Å². The summed E-state index contributed by atoms with van der Waals surface area (Å²) in [6.07, 6.45) is 21.4. The van der Waals surface area contributed by atoms with Gasteiger partial charge >= 0.3 is 5.97 Å². The van der Waals surface area contributed by atoms with E-state index in [-0.39, 0.29) is 0 Å². The highest BCUT2D eigenvalue weighted by Crippen LogP contribution is 2.20. The Morgan fingerprint density at radius 1 is 0.625 bits per heavy atom. The third-order valence-electron chi connectivity index (χ3n) is 7.18. The maximum absolute atomic E-state index is 10.3. The highest BCUT2D eigenvalue weighted by atomic mass is 16.4. The van der Waals surface area contributed by atoms with Gasteiger partial charge in [0.25, 0.3) is 0 Å². The minimum Gasteiger partial charge on any atom is -0.481 e. The molecule has 1 atom stereocenters. The second-order valence-electron chi connectivity index (χ2n) is 11.8. The Hall–Kier alpha value is -2.49. The number of unbranched alkanes of at least 4 members (excludes halogenated alkanes) is 14. The minimum atomic E-state index is -0.653. The Morgan fingerprint density at radius 3 is 1.50 bits per heavy atom. The van der Waals surface area contributed by atoms with E-state index in [1.165, 1.54) is 95.6 Å². The molecule has 0 fully saturated rings. The van der Waals surface area contributed by atoms with Gasteiger partial charge in [-0.2, -0.15) is 0 Å². The topological polar surface area (TPSA) is 61.4 Å². The predicted molar refractivity (Wildman–Crippen MR) is 176 cm³/mol. The van der Waals surface area contributed by atoms with E-state index < -0.39 is 5.97 Å². The Morgan fingerprint density at radius 2 is 1.05 bits per heavy atom. The Balaban J connectivity index is 0.000000400. The Kier molecular flexibility index (Phi) is 21.6. The number of aliphatic carboxylic acids is 1. The van der Waals surface area contributed by atoms with Gasteiger partial charge in [-0.25, -0.2) is 0 Å². The van der Waals surface area contributed by atoms with Gasteiger partial charge in [-0.3, -0.25) is 4.79 Å². The van der Waals surface area contributed by atoms with Crippen LogP contribution in [0.25, 0.3) is 0 Å². The first kappa shape index (κ1) is 35.5. The van der Waals surface area contributed by atoms with Crippen LogP contribution in [0, 0.1) is 5.92 Å².